The molecule has 1 atom stereocenters. The van der Waals surface area contributed by atoms with Crippen molar-refractivity contribution in [1.82, 2.24) is 4.57 Å². The third-order valence-corrected chi connectivity index (χ3v) is 5.36. The van der Waals surface area contributed by atoms with E-state index in [9.17, 15) is 13.2 Å². The predicted molar refractivity (Wildman–Crippen MR) is 118 cm³/mol. The van der Waals surface area contributed by atoms with Gasteiger partial charge in [0, 0.05) is 29.6 Å². The lowest BCUT2D eigenvalue weighted by Gasteiger charge is -2.29. The fourth-order valence-electron chi connectivity index (χ4n) is 3.87. The van der Waals surface area contributed by atoms with Crippen LogP contribution in [0.3, 0.4) is 0 Å². The van der Waals surface area contributed by atoms with E-state index in [4.69, 9.17) is 4.84 Å². The number of rotatable bonds is 3. The van der Waals surface area contributed by atoms with Crippen LogP contribution in [0.1, 0.15) is 48.2 Å². The molecule has 31 heavy (non-hydrogen) atoms. The van der Waals surface area contributed by atoms with Gasteiger partial charge in [0.1, 0.15) is 0 Å². The molecule has 1 aliphatic rings. The van der Waals surface area contributed by atoms with Crippen LogP contribution < -0.4 is 0 Å². The number of benzene rings is 2. The van der Waals surface area contributed by atoms with E-state index in [0.29, 0.717) is 11.3 Å². The second-order valence-corrected chi connectivity index (χ2v) is 7.53. The topological polar surface area (TPSA) is 26.5 Å². The van der Waals surface area contributed by atoms with Gasteiger partial charge in [0.15, 0.2) is 0 Å². The van der Waals surface area contributed by atoms with Crippen molar-refractivity contribution in [2.75, 3.05) is 0 Å². The molecule has 0 aliphatic carbocycles. The van der Waals surface area contributed by atoms with Gasteiger partial charge in [-0.15, -0.1) is 0 Å². The molecular formula is C25H27F3N2O. The third-order valence-electron chi connectivity index (χ3n) is 5.36. The Morgan fingerprint density at radius 1 is 0.968 bits per heavy atom. The minimum atomic E-state index is -4.59. The van der Waals surface area contributed by atoms with Gasteiger partial charge < -0.3 is 9.40 Å². The molecule has 0 bridgehead atoms. The van der Waals surface area contributed by atoms with Crippen LogP contribution in [0.4, 0.5) is 13.2 Å². The quantitative estimate of drug-likeness (QED) is 0.441. The molecule has 3 aromatic rings. The molecule has 0 radical (unpaired) electrons. The lowest BCUT2D eigenvalue weighted by molar-refractivity contribution is -0.275. The van der Waals surface area contributed by atoms with Crippen LogP contribution in [-0.2, 0) is 10.4 Å². The molecule has 2 heterocycles. The standard InChI is InChI=1S/C23H21F3N2O.C2H6/c1-15-11-17(3)28(14-15)21-10-9-18(12-16(21)2)20-13-22(29-27-20,23(24,25)26)19-7-5-4-6-8-19;1-2/h4-12,14H,13H2,1-3H3;1-2H3. The molecule has 1 unspecified atom stereocenters. The van der Waals surface area contributed by atoms with Gasteiger partial charge in [-0.3, -0.25) is 0 Å². The van der Waals surface area contributed by atoms with E-state index in [1.165, 1.54) is 12.1 Å². The first kappa shape index (κ1) is 22.7. The van der Waals surface area contributed by atoms with Crippen LogP contribution >= 0.6 is 0 Å². The van der Waals surface area contributed by atoms with E-state index in [1.807, 2.05) is 52.9 Å². The Morgan fingerprint density at radius 3 is 2.19 bits per heavy atom. The van der Waals surface area contributed by atoms with Crippen LogP contribution in [0.2, 0.25) is 0 Å². The molecule has 2 aromatic carbocycles. The second-order valence-electron chi connectivity index (χ2n) is 7.53. The van der Waals surface area contributed by atoms with Gasteiger partial charge in [-0.1, -0.05) is 55.4 Å². The Morgan fingerprint density at radius 2 is 1.65 bits per heavy atom. The van der Waals surface area contributed by atoms with Gasteiger partial charge in [-0.05, 0) is 55.7 Å². The third kappa shape index (κ3) is 4.11. The summed E-state index contributed by atoms with van der Waals surface area (Å²) in [5, 5.41) is 3.86. The summed E-state index contributed by atoms with van der Waals surface area (Å²) < 4.78 is 44.1. The maximum atomic E-state index is 14.0. The van der Waals surface area contributed by atoms with Gasteiger partial charge >= 0.3 is 6.18 Å². The van der Waals surface area contributed by atoms with E-state index in [0.717, 1.165) is 22.5 Å². The summed E-state index contributed by atoms with van der Waals surface area (Å²) in [5.74, 6) is 0. The molecule has 4 rings (SSSR count). The summed E-state index contributed by atoms with van der Waals surface area (Å²) in [7, 11) is 0. The number of aromatic nitrogens is 1. The van der Waals surface area contributed by atoms with Crippen LogP contribution in [0, 0.1) is 20.8 Å². The Bertz CT molecular complexity index is 1080. The number of hydrogen-bond donors (Lipinski definition) is 0. The van der Waals surface area contributed by atoms with E-state index >= 15 is 0 Å². The minimum absolute atomic E-state index is 0.0537. The summed E-state index contributed by atoms with van der Waals surface area (Å²) in [6, 6.07) is 15.3. The minimum Gasteiger partial charge on any atom is -0.374 e. The van der Waals surface area contributed by atoms with E-state index in [1.54, 1.807) is 24.3 Å². The van der Waals surface area contributed by atoms with Gasteiger partial charge in [0.25, 0.3) is 5.60 Å². The number of nitrogens with zero attached hydrogens (tertiary/aromatic N) is 2. The highest BCUT2D eigenvalue weighted by molar-refractivity contribution is 6.02. The van der Waals surface area contributed by atoms with Crippen LogP contribution in [0.5, 0.6) is 0 Å². The van der Waals surface area contributed by atoms with Crippen molar-refractivity contribution in [1.29, 1.82) is 0 Å². The summed E-state index contributed by atoms with van der Waals surface area (Å²) in [4.78, 5) is 5.09. The number of alkyl halides is 3. The fourth-order valence-corrected chi connectivity index (χ4v) is 3.87. The summed E-state index contributed by atoms with van der Waals surface area (Å²) in [5.41, 5.74) is 2.72. The SMILES string of the molecule is CC.Cc1cc(C)n(-c2ccc(C3=NOC(c4ccccc4)(C(F)(F)F)C3)cc2C)c1. The number of hydrogen-bond acceptors (Lipinski definition) is 2. The Hall–Kier alpha value is -3.02. The highest BCUT2D eigenvalue weighted by Crippen LogP contribution is 2.48. The average Bonchev–Trinajstić information content (AvgIpc) is 3.34. The highest BCUT2D eigenvalue weighted by atomic mass is 19.4. The molecule has 0 N–H and O–H groups in total. The largest absolute Gasteiger partial charge is 0.435 e. The van der Waals surface area contributed by atoms with Crippen molar-refractivity contribution < 1.29 is 18.0 Å². The monoisotopic (exact) mass is 428 g/mol. The number of halogens is 3. The molecule has 6 heteroatoms. The van der Waals surface area contributed by atoms with Crippen molar-refractivity contribution in [2.24, 2.45) is 5.16 Å². The average molecular weight is 428 g/mol. The first-order valence-electron chi connectivity index (χ1n) is 10.4. The smallest absolute Gasteiger partial charge is 0.374 e. The van der Waals surface area contributed by atoms with Crippen molar-refractivity contribution in [3.8, 4) is 5.69 Å². The van der Waals surface area contributed by atoms with E-state index in [2.05, 4.69) is 15.8 Å². The van der Waals surface area contributed by atoms with Gasteiger partial charge in [0.2, 0.25) is 0 Å². The lowest BCUT2D eigenvalue weighted by Crippen LogP contribution is -2.42. The zero-order chi connectivity index (χ0) is 22.8. The second kappa shape index (κ2) is 8.61. The fraction of sp³-hybridized carbons (Fsp3) is 0.320. The highest BCUT2D eigenvalue weighted by Gasteiger charge is 2.62. The molecule has 0 saturated heterocycles. The Kier molecular flexibility index (Phi) is 6.30. The van der Waals surface area contributed by atoms with E-state index < -0.39 is 11.8 Å². The zero-order valence-corrected chi connectivity index (χ0v) is 18.4. The van der Waals surface area contributed by atoms with Crippen molar-refractivity contribution in [3.05, 3.63) is 88.7 Å². The molecule has 1 aromatic heterocycles. The van der Waals surface area contributed by atoms with Crippen molar-refractivity contribution in [2.45, 2.75) is 52.8 Å². The maximum Gasteiger partial charge on any atom is 0.435 e. The zero-order valence-electron chi connectivity index (χ0n) is 18.4. The predicted octanol–water partition coefficient (Wildman–Crippen LogP) is 7.01. The Balaban J connectivity index is 0.00000132. The van der Waals surface area contributed by atoms with Gasteiger partial charge in [-0.2, -0.15) is 13.2 Å². The molecule has 0 saturated carbocycles. The number of aryl methyl sites for hydroxylation is 3. The van der Waals surface area contributed by atoms with Gasteiger partial charge in [-0.25, -0.2) is 0 Å². The first-order valence-corrected chi connectivity index (χ1v) is 10.4. The summed E-state index contributed by atoms with van der Waals surface area (Å²) in [6.07, 6.45) is -2.91. The molecule has 164 valence electrons. The van der Waals surface area contributed by atoms with Crippen molar-refractivity contribution in [3.63, 3.8) is 0 Å². The molecule has 0 amide bonds. The normalized spacial score (nSPS) is 18.1. The van der Waals surface area contributed by atoms with Crippen LogP contribution in [0.25, 0.3) is 5.69 Å². The Labute approximate surface area is 181 Å². The molecule has 3 nitrogen and oxygen atoms in total. The summed E-state index contributed by atoms with van der Waals surface area (Å²) >= 11 is 0. The van der Waals surface area contributed by atoms with Gasteiger partial charge in [0.05, 0.1) is 5.71 Å². The molecule has 1 aliphatic heterocycles. The van der Waals surface area contributed by atoms with Crippen LogP contribution in [-0.4, -0.2) is 16.5 Å². The maximum absolute atomic E-state index is 14.0. The molecule has 0 spiro atoms. The number of oxime groups is 1. The van der Waals surface area contributed by atoms with Crippen molar-refractivity contribution >= 4 is 5.71 Å². The summed E-state index contributed by atoms with van der Waals surface area (Å²) in [6.45, 7) is 9.99. The molecule has 0 fully saturated rings. The van der Waals surface area contributed by atoms with Crippen LogP contribution in [0.15, 0.2) is 65.9 Å². The lowest BCUT2D eigenvalue weighted by atomic mass is 9.86. The van der Waals surface area contributed by atoms with E-state index in [-0.39, 0.29) is 12.0 Å². The molecular weight excluding hydrogens is 401 g/mol. The first-order chi connectivity index (χ1) is 14.7.